The van der Waals surface area contributed by atoms with E-state index in [1.807, 2.05) is 0 Å². The smallest absolute Gasteiger partial charge is 0.668 e. The predicted molar refractivity (Wildman–Crippen MR) is 71.8 cm³/mol. The van der Waals surface area contributed by atoms with Crippen LogP contribution in [0.25, 0.3) is 16.0 Å². The van der Waals surface area contributed by atoms with Gasteiger partial charge >= 0.3 is 26.2 Å². The van der Waals surface area contributed by atoms with Gasteiger partial charge in [-0.15, -0.1) is 6.42 Å². The summed E-state index contributed by atoms with van der Waals surface area (Å²) in [6.45, 7) is 2.06. The first-order chi connectivity index (χ1) is 7.14. The zero-order valence-electron chi connectivity index (χ0n) is 11.7. The Morgan fingerprint density at radius 3 is 1.31 bits per heavy atom. The molecule has 1 rings (SSSR count). The van der Waals surface area contributed by atoms with Crippen LogP contribution < -0.4 is 0 Å². The normalized spacial score (nSPS) is 10.3. The minimum atomic E-state index is 0. The van der Waals surface area contributed by atoms with Crippen molar-refractivity contribution in [3.8, 4) is 0 Å². The average Bonchev–Trinajstić information content (AvgIpc) is 2.60. The molecule has 16 heavy (non-hydrogen) atoms. The number of hydrogen-bond acceptors (Lipinski definition) is 0. The second-order valence-electron chi connectivity index (χ2n) is 2.81. The summed E-state index contributed by atoms with van der Waals surface area (Å²) in [7, 11) is 10.5. The average molecular weight is 303 g/mol. The van der Waals surface area contributed by atoms with E-state index in [4.69, 9.17) is 0 Å². The number of hydrogen-bond donors (Lipinski definition) is 0. The van der Waals surface area contributed by atoms with Crippen LogP contribution in [0.15, 0.2) is 17.7 Å². The van der Waals surface area contributed by atoms with Crippen molar-refractivity contribution in [3.05, 3.63) is 39.8 Å². The fourth-order valence-electron chi connectivity index (χ4n) is 0.515. The second kappa shape index (κ2) is 29.5. The molecule has 0 spiro atoms. The summed E-state index contributed by atoms with van der Waals surface area (Å²) in [5.41, 5.74) is 1.27. The zero-order chi connectivity index (χ0) is 12.5. The van der Waals surface area contributed by atoms with Gasteiger partial charge in [0.2, 0.25) is 0 Å². The topological polar surface area (TPSA) is 42.3 Å². The maximum Gasteiger partial charge on any atom is 4.00 e. The van der Waals surface area contributed by atoms with Gasteiger partial charge in [-0.05, 0) is 0 Å². The summed E-state index contributed by atoms with van der Waals surface area (Å²) in [6, 6.07) is 0. The van der Waals surface area contributed by atoms with Crippen LogP contribution in [-0.2, 0) is 26.2 Å². The van der Waals surface area contributed by atoms with E-state index in [0.717, 1.165) is 6.42 Å². The first kappa shape index (κ1) is 25.2. The van der Waals surface area contributed by atoms with Crippen molar-refractivity contribution >= 4 is 0 Å². The SMILES string of the molecule is CC1=[C-]CC=C1.C[N-]C.C[N-]C.C[N-]C.[Zr+4]. The summed E-state index contributed by atoms with van der Waals surface area (Å²) < 4.78 is 0. The number of nitrogens with zero attached hydrogens (tertiary/aromatic N) is 3. The maximum atomic E-state index is 3.50. The maximum absolute atomic E-state index is 3.50. The van der Waals surface area contributed by atoms with Crippen LogP contribution in [0, 0.1) is 6.08 Å². The Kier molecular flexibility index (Phi) is 46.4. The van der Waals surface area contributed by atoms with E-state index < -0.39 is 0 Å². The molecule has 0 saturated carbocycles. The Labute approximate surface area is 121 Å². The first-order valence-electron chi connectivity index (χ1n) is 4.82. The quantitative estimate of drug-likeness (QED) is 0.614. The van der Waals surface area contributed by atoms with Gasteiger partial charge in [-0.2, -0.15) is 48.4 Å². The summed E-state index contributed by atoms with van der Waals surface area (Å²) in [6.07, 6.45) is 8.33. The Morgan fingerprint density at radius 1 is 0.938 bits per heavy atom. The summed E-state index contributed by atoms with van der Waals surface area (Å²) in [4.78, 5) is 0. The molecule has 3 nitrogen and oxygen atoms in total. The van der Waals surface area contributed by atoms with Crippen LogP contribution >= 0.6 is 0 Å². The first-order valence-corrected chi connectivity index (χ1v) is 4.82. The van der Waals surface area contributed by atoms with E-state index in [9.17, 15) is 0 Å². The van der Waals surface area contributed by atoms with Gasteiger partial charge in [0.25, 0.3) is 0 Å². The van der Waals surface area contributed by atoms with Crippen molar-refractivity contribution in [2.24, 2.45) is 0 Å². The molecule has 0 saturated heterocycles. The molecule has 0 bridgehead atoms. The van der Waals surface area contributed by atoms with Crippen molar-refractivity contribution < 1.29 is 26.2 Å². The standard InChI is InChI=1S/C6H7.3C2H6N.Zr/c1-6-4-2-3-5-6;3*1-3-2;/h2,4H,3H2,1H3;3*1-2H3;/q4*-1;+4. The van der Waals surface area contributed by atoms with E-state index in [-0.39, 0.29) is 26.2 Å². The predicted octanol–water partition coefficient (Wildman–Crippen LogP) is 3.55. The summed E-state index contributed by atoms with van der Waals surface area (Å²) in [5, 5.41) is 10.5. The second-order valence-corrected chi connectivity index (χ2v) is 2.81. The van der Waals surface area contributed by atoms with Crippen LogP contribution in [0.3, 0.4) is 0 Å². The van der Waals surface area contributed by atoms with Crippen LogP contribution in [0.1, 0.15) is 13.3 Å². The molecular formula is C12H25N3Zr. The van der Waals surface area contributed by atoms with Gasteiger partial charge in [-0.1, -0.05) is 6.92 Å². The molecule has 0 atom stereocenters. The van der Waals surface area contributed by atoms with Gasteiger partial charge < -0.3 is 16.0 Å². The van der Waals surface area contributed by atoms with E-state index >= 15 is 0 Å². The van der Waals surface area contributed by atoms with Crippen molar-refractivity contribution in [2.75, 3.05) is 42.3 Å². The van der Waals surface area contributed by atoms with Crippen LogP contribution in [0.4, 0.5) is 0 Å². The van der Waals surface area contributed by atoms with E-state index in [1.165, 1.54) is 5.57 Å². The molecule has 0 radical (unpaired) electrons. The zero-order valence-corrected chi connectivity index (χ0v) is 14.2. The molecule has 0 heterocycles. The van der Waals surface area contributed by atoms with Crippen LogP contribution in [0.2, 0.25) is 0 Å². The van der Waals surface area contributed by atoms with Gasteiger partial charge in [0, 0.05) is 0 Å². The molecular weight excluding hydrogens is 277 g/mol. The molecule has 0 aliphatic heterocycles. The van der Waals surface area contributed by atoms with Crippen LogP contribution in [-0.4, -0.2) is 42.3 Å². The third kappa shape index (κ3) is 47.6. The molecule has 0 amide bonds. The van der Waals surface area contributed by atoms with Crippen molar-refractivity contribution in [2.45, 2.75) is 13.3 Å². The van der Waals surface area contributed by atoms with Gasteiger partial charge in [-0.3, -0.25) is 6.08 Å². The van der Waals surface area contributed by atoms with Crippen molar-refractivity contribution in [3.63, 3.8) is 0 Å². The Balaban J connectivity index is -0.0000000637. The molecule has 4 heteroatoms. The third-order valence-corrected chi connectivity index (χ3v) is 0.867. The minimum absolute atomic E-state index is 0. The van der Waals surface area contributed by atoms with Gasteiger partial charge in [0.1, 0.15) is 0 Å². The van der Waals surface area contributed by atoms with Gasteiger partial charge in [0.05, 0.1) is 0 Å². The minimum Gasteiger partial charge on any atom is -0.668 e. The van der Waals surface area contributed by atoms with Crippen molar-refractivity contribution in [1.82, 2.24) is 0 Å². The number of allylic oxidation sites excluding steroid dienone is 4. The molecule has 0 aromatic rings. The van der Waals surface area contributed by atoms with E-state index in [0.29, 0.717) is 0 Å². The monoisotopic (exact) mass is 301 g/mol. The molecule has 0 aromatic heterocycles. The fraction of sp³-hybridized carbons (Fsp3) is 0.667. The van der Waals surface area contributed by atoms with Crippen molar-refractivity contribution in [1.29, 1.82) is 0 Å². The summed E-state index contributed by atoms with van der Waals surface area (Å²) >= 11 is 0. The summed E-state index contributed by atoms with van der Waals surface area (Å²) in [5.74, 6) is 0. The third-order valence-electron chi connectivity index (χ3n) is 0.867. The Bertz CT molecular complexity index is 138. The van der Waals surface area contributed by atoms with Gasteiger partial charge in [-0.25, -0.2) is 11.6 Å². The Morgan fingerprint density at radius 2 is 1.25 bits per heavy atom. The van der Waals surface area contributed by atoms with E-state index in [2.05, 4.69) is 41.1 Å². The molecule has 92 valence electrons. The van der Waals surface area contributed by atoms with Gasteiger partial charge in [0.15, 0.2) is 0 Å². The number of rotatable bonds is 0. The molecule has 1 aliphatic carbocycles. The molecule has 0 fully saturated rings. The fourth-order valence-corrected chi connectivity index (χ4v) is 0.515. The van der Waals surface area contributed by atoms with E-state index in [1.54, 1.807) is 42.3 Å². The molecule has 0 aromatic carbocycles. The molecule has 1 aliphatic rings. The molecule has 0 N–H and O–H groups in total. The van der Waals surface area contributed by atoms with Crippen LogP contribution in [0.5, 0.6) is 0 Å². The largest absolute Gasteiger partial charge is 4.00 e. The Hall–Kier alpha value is 0.243. The molecule has 0 unspecified atom stereocenters.